The van der Waals surface area contributed by atoms with Gasteiger partial charge in [0, 0.05) is 24.7 Å². The highest BCUT2D eigenvalue weighted by molar-refractivity contribution is 5.97. The number of rotatable bonds is 4. The van der Waals surface area contributed by atoms with Gasteiger partial charge in [-0.1, -0.05) is 13.0 Å². The minimum atomic E-state index is -0.924. The monoisotopic (exact) mass is 402 g/mol. The van der Waals surface area contributed by atoms with Crippen molar-refractivity contribution in [3.8, 4) is 0 Å². The molecule has 0 radical (unpaired) electrons. The van der Waals surface area contributed by atoms with Crippen LogP contribution >= 0.6 is 0 Å². The molecule has 1 aliphatic rings. The predicted molar refractivity (Wildman–Crippen MR) is 105 cm³/mol. The third-order valence-electron chi connectivity index (χ3n) is 5.78. The summed E-state index contributed by atoms with van der Waals surface area (Å²) in [6.07, 6.45) is 0.531. The molecule has 0 spiro atoms. The molecule has 1 aromatic heterocycles. The molecule has 1 N–H and O–H groups in total. The minimum Gasteiger partial charge on any atom is -0.362 e. The minimum absolute atomic E-state index is 0.132. The molecular formula is C22H24F2N2O3. The number of pyridine rings is 1. The van der Waals surface area contributed by atoms with E-state index >= 15 is 0 Å². The van der Waals surface area contributed by atoms with E-state index in [0.717, 1.165) is 6.07 Å². The van der Waals surface area contributed by atoms with Crippen LogP contribution < -0.4 is 5.32 Å². The van der Waals surface area contributed by atoms with Crippen LogP contribution in [0.4, 0.5) is 14.5 Å². The number of nitrogens with one attached hydrogen (secondary N) is 1. The number of carbonyl (C=O) groups excluding carboxylic acids is 2. The maximum atomic E-state index is 14.2. The highest BCUT2D eigenvalue weighted by Gasteiger charge is 2.51. The Morgan fingerprint density at radius 2 is 1.90 bits per heavy atom. The van der Waals surface area contributed by atoms with E-state index < -0.39 is 35.2 Å². The lowest BCUT2D eigenvalue weighted by Crippen LogP contribution is -2.33. The number of hydrogen-bond donors (Lipinski definition) is 1. The number of halogens is 2. The van der Waals surface area contributed by atoms with Gasteiger partial charge in [-0.15, -0.1) is 0 Å². The van der Waals surface area contributed by atoms with Crippen molar-refractivity contribution in [2.24, 2.45) is 5.92 Å². The van der Waals surface area contributed by atoms with Gasteiger partial charge in [-0.05, 0) is 56.0 Å². The van der Waals surface area contributed by atoms with Gasteiger partial charge < -0.3 is 10.1 Å². The molecule has 0 aliphatic carbocycles. The topological polar surface area (TPSA) is 68.3 Å². The van der Waals surface area contributed by atoms with E-state index in [1.807, 2.05) is 20.8 Å². The summed E-state index contributed by atoms with van der Waals surface area (Å²) < 4.78 is 33.9. The molecule has 1 saturated heterocycles. The molecule has 1 aliphatic heterocycles. The van der Waals surface area contributed by atoms with Crippen LogP contribution in [0.1, 0.15) is 55.2 Å². The SMILES string of the molecule is CC(=O)c1cc(NC(=O)[C@@H]2OC(C)(C)[C@H](C)[C@H]2c2ccc(F)c(F)c2C)ccn1. The number of ether oxygens (including phenoxy) is 1. The van der Waals surface area contributed by atoms with Gasteiger partial charge in [0.15, 0.2) is 17.4 Å². The van der Waals surface area contributed by atoms with E-state index in [1.54, 1.807) is 6.07 Å². The van der Waals surface area contributed by atoms with Gasteiger partial charge in [-0.2, -0.15) is 0 Å². The van der Waals surface area contributed by atoms with E-state index in [9.17, 15) is 18.4 Å². The molecule has 2 heterocycles. The van der Waals surface area contributed by atoms with Crippen LogP contribution in [-0.2, 0) is 9.53 Å². The molecule has 1 aromatic carbocycles. The van der Waals surface area contributed by atoms with Crippen molar-refractivity contribution in [3.63, 3.8) is 0 Å². The van der Waals surface area contributed by atoms with E-state index in [1.165, 1.54) is 32.2 Å². The third kappa shape index (κ3) is 3.92. The number of benzene rings is 1. The Morgan fingerprint density at radius 3 is 2.55 bits per heavy atom. The van der Waals surface area contributed by atoms with Gasteiger partial charge in [0.2, 0.25) is 0 Å². The van der Waals surface area contributed by atoms with E-state index in [0.29, 0.717) is 11.3 Å². The lowest BCUT2D eigenvalue weighted by Gasteiger charge is -2.25. The lowest BCUT2D eigenvalue weighted by molar-refractivity contribution is -0.131. The average molecular weight is 402 g/mol. The highest BCUT2D eigenvalue weighted by atomic mass is 19.2. The summed E-state index contributed by atoms with van der Waals surface area (Å²) in [5, 5.41) is 2.76. The second-order valence-corrected chi connectivity index (χ2v) is 8.01. The lowest BCUT2D eigenvalue weighted by atomic mass is 9.77. The Morgan fingerprint density at radius 1 is 1.21 bits per heavy atom. The Bertz CT molecular complexity index is 975. The van der Waals surface area contributed by atoms with Crippen LogP contribution in [0, 0.1) is 24.5 Å². The molecule has 0 bridgehead atoms. The normalized spacial score (nSPS) is 23.1. The number of ketones is 1. The van der Waals surface area contributed by atoms with E-state index in [4.69, 9.17) is 4.74 Å². The first kappa shape index (κ1) is 21.0. The summed E-state index contributed by atoms with van der Waals surface area (Å²) in [6.45, 7) is 8.56. The van der Waals surface area contributed by atoms with Crippen molar-refractivity contribution in [1.29, 1.82) is 0 Å². The summed E-state index contributed by atoms with van der Waals surface area (Å²) in [6, 6.07) is 5.65. The first-order chi connectivity index (χ1) is 13.5. The van der Waals surface area contributed by atoms with Gasteiger partial charge in [0.1, 0.15) is 11.8 Å². The van der Waals surface area contributed by atoms with Crippen LogP contribution in [0.2, 0.25) is 0 Å². The van der Waals surface area contributed by atoms with Crippen molar-refractivity contribution in [2.75, 3.05) is 5.32 Å². The second-order valence-electron chi connectivity index (χ2n) is 8.01. The highest BCUT2D eigenvalue weighted by Crippen LogP contribution is 2.47. The first-order valence-electron chi connectivity index (χ1n) is 9.43. The molecule has 2 aromatic rings. The Labute approximate surface area is 168 Å². The van der Waals surface area contributed by atoms with Crippen LogP contribution in [0.25, 0.3) is 0 Å². The molecule has 0 saturated carbocycles. The van der Waals surface area contributed by atoms with Crippen molar-refractivity contribution in [2.45, 2.75) is 52.2 Å². The summed E-state index contributed by atoms with van der Waals surface area (Å²) >= 11 is 0. The summed E-state index contributed by atoms with van der Waals surface area (Å²) in [7, 11) is 0. The van der Waals surface area contributed by atoms with Gasteiger partial charge >= 0.3 is 0 Å². The van der Waals surface area contributed by atoms with Crippen molar-refractivity contribution in [3.05, 3.63) is 58.9 Å². The van der Waals surface area contributed by atoms with Crippen LogP contribution in [0.5, 0.6) is 0 Å². The zero-order valence-corrected chi connectivity index (χ0v) is 17.0. The number of anilines is 1. The van der Waals surface area contributed by atoms with Gasteiger partial charge in [0.05, 0.1) is 5.60 Å². The van der Waals surface area contributed by atoms with Gasteiger partial charge in [0.25, 0.3) is 5.91 Å². The summed E-state index contributed by atoms with van der Waals surface area (Å²) in [5.41, 5.74) is 0.714. The average Bonchev–Trinajstić information content (AvgIpc) is 2.90. The van der Waals surface area contributed by atoms with Gasteiger partial charge in [-0.25, -0.2) is 8.78 Å². The maximum absolute atomic E-state index is 14.2. The summed E-state index contributed by atoms with van der Waals surface area (Å²) in [5.74, 6) is -3.08. The second kappa shape index (κ2) is 7.63. The zero-order chi connectivity index (χ0) is 21.5. The molecule has 5 nitrogen and oxygen atoms in total. The molecule has 29 heavy (non-hydrogen) atoms. The molecule has 7 heteroatoms. The molecule has 3 rings (SSSR count). The Balaban J connectivity index is 1.96. The maximum Gasteiger partial charge on any atom is 0.254 e. The van der Waals surface area contributed by atoms with Crippen molar-refractivity contribution in [1.82, 2.24) is 4.98 Å². The number of carbonyl (C=O) groups is 2. The van der Waals surface area contributed by atoms with Gasteiger partial charge in [-0.3, -0.25) is 14.6 Å². The molecule has 1 fully saturated rings. The molecule has 1 amide bonds. The molecule has 0 unspecified atom stereocenters. The van der Waals surface area contributed by atoms with E-state index in [2.05, 4.69) is 10.3 Å². The van der Waals surface area contributed by atoms with Crippen LogP contribution in [-0.4, -0.2) is 28.4 Å². The fourth-order valence-corrected chi connectivity index (χ4v) is 3.79. The molecule has 154 valence electrons. The molecular weight excluding hydrogens is 378 g/mol. The van der Waals surface area contributed by atoms with E-state index in [-0.39, 0.29) is 23.0 Å². The smallest absolute Gasteiger partial charge is 0.254 e. The quantitative estimate of drug-likeness (QED) is 0.770. The van der Waals surface area contributed by atoms with Crippen molar-refractivity contribution < 1.29 is 23.1 Å². The first-order valence-corrected chi connectivity index (χ1v) is 9.43. The number of nitrogens with zero attached hydrogens (tertiary/aromatic N) is 1. The third-order valence-corrected chi connectivity index (χ3v) is 5.78. The number of Topliss-reactive ketones (excluding diaryl/α,β-unsaturated/α-hetero) is 1. The number of aromatic nitrogens is 1. The molecule has 3 atom stereocenters. The standard InChI is InChI=1S/C22H24F2N2O3/c1-11-15(6-7-16(23)19(11)24)18-12(2)22(4,5)29-20(18)21(28)26-14-8-9-25-17(10-14)13(3)27/h6-10,12,18,20H,1-5H3,(H,25,26,28)/t12-,18+,20-/m1/s1. The van der Waals surface area contributed by atoms with Crippen LogP contribution in [0.15, 0.2) is 30.5 Å². The Kier molecular flexibility index (Phi) is 5.54. The predicted octanol–water partition coefficient (Wildman–Crippen LogP) is 4.41. The summed E-state index contributed by atoms with van der Waals surface area (Å²) in [4.78, 5) is 28.6. The number of amides is 1. The van der Waals surface area contributed by atoms with Crippen molar-refractivity contribution >= 4 is 17.4 Å². The fraction of sp³-hybridized carbons (Fsp3) is 0.409. The largest absolute Gasteiger partial charge is 0.362 e. The number of hydrogen-bond acceptors (Lipinski definition) is 4. The zero-order valence-electron chi connectivity index (χ0n) is 17.0. The fourth-order valence-electron chi connectivity index (χ4n) is 3.79. The Hall–Kier alpha value is -2.67. The van der Waals surface area contributed by atoms with Crippen LogP contribution in [0.3, 0.4) is 0 Å².